The summed E-state index contributed by atoms with van der Waals surface area (Å²) in [6, 6.07) is 4.27. The number of alkyl halides is 3. The summed E-state index contributed by atoms with van der Waals surface area (Å²) < 4.78 is 45.1. The number of nitrogens with zero attached hydrogens (tertiary/aromatic N) is 1. The number of hydrogen-bond donors (Lipinski definition) is 1. The number of pyridine rings is 1. The largest absolute Gasteiger partial charge is 0.573 e. The number of aryl methyl sites for hydroxylation is 1. The maximum Gasteiger partial charge on any atom is 0.573 e. The monoisotopic (exact) mass is 447 g/mol. The standard InChI is InChI=1S/C24H24F3NO4/c1-2-28-20-13-15(8-9-17(20)16-4-3-5-18(16)23(28)31)19-12-14(7-11-22(29)30)6-10-21(19)32-24(25,26)27/h6,10,12-13H,2-5,7-9,11H2,1H3,(H,29,30). The van der Waals surface area contributed by atoms with Gasteiger partial charge in [-0.3, -0.25) is 9.59 Å². The molecule has 0 saturated heterocycles. The topological polar surface area (TPSA) is 68.5 Å². The SMILES string of the molecule is CCn1c2c(c3c(c1=O)CCC3)CCC(c1cc(CCC(=O)O)ccc1OC(F)(F)F)=C2. The molecule has 2 aliphatic carbocycles. The van der Waals surface area contributed by atoms with Gasteiger partial charge in [0.05, 0.1) is 0 Å². The Morgan fingerprint density at radius 2 is 1.88 bits per heavy atom. The molecule has 5 nitrogen and oxygen atoms in total. The normalized spacial score (nSPS) is 15.2. The molecule has 1 aromatic carbocycles. The van der Waals surface area contributed by atoms with Crippen LogP contribution in [-0.4, -0.2) is 22.0 Å². The second-order valence-electron chi connectivity index (χ2n) is 8.17. The minimum atomic E-state index is -4.85. The minimum Gasteiger partial charge on any atom is -0.481 e. The highest BCUT2D eigenvalue weighted by Crippen LogP contribution is 2.39. The predicted octanol–water partition coefficient (Wildman–Crippen LogP) is 4.76. The molecule has 0 bridgehead atoms. The fourth-order valence-corrected chi connectivity index (χ4v) is 4.82. The summed E-state index contributed by atoms with van der Waals surface area (Å²) in [4.78, 5) is 23.9. The van der Waals surface area contributed by atoms with Gasteiger partial charge in [0.2, 0.25) is 0 Å². The number of carboxylic acid groups (broad SMARTS) is 1. The van der Waals surface area contributed by atoms with Crippen LogP contribution < -0.4 is 10.3 Å². The van der Waals surface area contributed by atoms with Gasteiger partial charge in [-0.25, -0.2) is 0 Å². The van der Waals surface area contributed by atoms with Gasteiger partial charge in [0.15, 0.2) is 0 Å². The first kappa shape index (κ1) is 22.2. The molecule has 0 fully saturated rings. The molecule has 170 valence electrons. The summed E-state index contributed by atoms with van der Waals surface area (Å²) in [6.45, 7) is 2.36. The van der Waals surface area contributed by atoms with Gasteiger partial charge in [0, 0.05) is 29.8 Å². The van der Waals surface area contributed by atoms with E-state index in [0.717, 1.165) is 41.6 Å². The Balaban J connectivity index is 1.84. The van der Waals surface area contributed by atoms with Crippen molar-refractivity contribution >= 4 is 17.6 Å². The second-order valence-corrected chi connectivity index (χ2v) is 8.17. The van der Waals surface area contributed by atoms with E-state index in [1.165, 1.54) is 12.1 Å². The van der Waals surface area contributed by atoms with E-state index in [0.29, 0.717) is 30.5 Å². The molecule has 0 atom stereocenters. The number of fused-ring (bicyclic) bond motifs is 3. The number of aromatic nitrogens is 1. The minimum absolute atomic E-state index is 0.0155. The number of allylic oxidation sites excluding steroid dienone is 1. The number of halogens is 3. The molecule has 1 N–H and O–H groups in total. The van der Waals surface area contributed by atoms with E-state index in [4.69, 9.17) is 5.11 Å². The van der Waals surface area contributed by atoms with Crippen molar-refractivity contribution in [2.24, 2.45) is 0 Å². The first-order valence-electron chi connectivity index (χ1n) is 10.8. The molecule has 0 spiro atoms. The fourth-order valence-electron chi connectivity index (χ4n) is 4.82. The van der Waals surface area contributed by atoms with Crippen LogP contribution in [0.3, 0.4) is 0 Å². The molecule has 2 aliphatic rings. The van der Waals surface area contributed by atoms with Crippen LogP contribution in [0.25, 0.3) is 11.6 Å². The Morgan fingerprint density at radius 1 is 1.12 bits per heavy atom. The zero-order valence-electron chi connectivity index (χ0n) is 17.7. The van der Waals surface area contributed by atoms with Crippen molar-refractivity contribution in [1.82, 2.24) is 4.57 Å². The predicted molar refractivity (Wildman–Crippen MR) is 114 cm³/mol. The molecule has 4 rings (SSSR count). The molecule has 2 aromatic rings. The van der Waals surface area contributed by atoms with E-state index in [2.05, 4.69) is 4.74 Å². The van der Waals surface area contributed by atoms with Crippen LogP contribution in [0.4, 0.5) is 13.2 Å². The molecule has 0 radical (unpaired) electrons. The number of benzene rings is 1. The van der Waals surface area contributed by atoms with E-state index < -0.39 is 12.3 Å². The number of carbonyl (C=O) groups is 1. The summed E-state index contributed by atoms with van der Waals surface area (Å²) >= 11 is 0. The molecule has 1 heterocycles. The molecule has 0 unspecified atom stereocenters. The lowest BCUT2D eigenvalue weighted by Gasteiger charge is -2.25. The van der Waals surface area contributed by atoms with Crippen LogP contribution in [0.5, 0.6) is 5.75 Å². The van der Waals surface area contributed by atoms with Crippen LogP contribution in [0, 0.1) is 0 Å². The lowest BCUT2D eigenvalue weighted by Crippen LogP contribution is -2.28. The quantitative estimate of drug-likeness (QED) is 0.693. The smallest absolute Gasteiger partial charge is 0.481 e. The summed E-state index contributed by atoms with van der Waals surface area (Å²) in [6.07, 6.45) is 0.747. The number of carboxylic acids is 1. The lowest BCUT2D eigenvalue weighted by molar-refractivity contribution is -0.274. The van der Waals surface area contributed by atoms with Crippen molar-refractivity contribution in [3.8, 4) is 5.75 Å². The summed E-state index contributed by atoms with van der Waals surface area (Å²) in [5.41, 5.74) is 5.38. The van der Waals surface area contributed by atoms with Gasteiger partial charge >= 0.3 is 12.3 Å². The summed E-state index contributed by atoms with van der Waals surface area (Å²) in [5, 5.41) is 8.95. The molecule has 0 saturated carbocycles. The molecule has 1 aromatic heterocycles. The van der Waals surface area contributed by atoms with Crippen LogP contribution >= 0.6 is 0 Å². The Morgan fingerprint density at radius 3 is 2.56 bits per heavy atom. The van der Waals surface area contributed by atoms with E-state index in [9.17, 15) is 22.8 Å². The van der Waals surface area contributed by atoms with Gasteiger partial charge in [-0.05, 0) is 85.9 Å². The lowest BCUT2D eigenvalue weighted by atomic mass is 9.86. The summed E-state index contributed by atoms with van der Waals surface area (Å²) in [7, 11) is 0. The maximum atomic E-state index is 13.0. The van der Waals surface area contributed by atoms with Gasteiger partial charge in [0.25, 0.3) is 5.56 Å². The van der Waals surface area contributed by atoms with Crippen molar-refractivity contribution in [3.05, 3.63) is 62.1 Å². The first-order valence-corrected chi connectivity index (χ1v) is 10.8. The van der Waals surface area contributed by atoms with Crippen LogP contribution in [0.2, 0.25) is 0 Å². The van der Waals surface area contributed by atoms with Gasteiger partial charge in [-0.15, -0.1) is 13.2 Å². The molecule has 0 amide bonds. The fraction of sp³-hybridized carbons (Fsp3) is 0.417. The van der Waals surface area contributed by atoms with Crippen molar-refractivity contribution < 1.29 is 27.8 Å². The van der Waals surface area contributed by atoms with Crippen molar-refractivity contribution in [2.75, 3.05) is 0 Å². The summed E-state index contributed by atoms with van der Waals surface area (Å²) in [5.74, 6) is -1.30. The van der Waals surface area contributed by atoms with Gasteiger partial charge < -0.3 is 14.4 Å². The molecule has 32 heavy (non-hydrogen) atoms. The van der Waals surface area contributed by atoms with Crippen LogP contribution in [-0.2, 0) is 37.0 Å². The average Bonchev–Trinajstić information content (AvgIpc) is 3.22. The van der Waals surface area contributed by atoms with E-state index >= 15 is 0 Å². The number of ether oxygens (including phenoxy) is 1. The zero-order chi connectivity index (χ0) is 23.0. The molecule has 8 heteroatoms. The molecular formula is C24H24F3NO4. The number of aliphatic carboxylic acids is 1. The third-order valence-electron chi connectivity index (χ3n) is 6.20. The first-order chi connectivity index (χ1) is 15.2. The number of hydrogen-bond acceptors (Lipinski definition) is 3. The van der Waals surface area contributed by atoms with Crippen molar-refractivity contribution in [2.45, 2.75) is 64.8 Å². The van der Waals surface area contributed by atoms with E-state index in [-0.39, 0.29) is 29.7 Å². The third-order valence-corrected chi connectivity index (χ3v) is 6.20. The zero-order valence-corrected chi connectivity index (χ0v) is 17.7. The third kappa shape index (κ3) is 4.31. The Kier molecular flexibility index (Phi) is 5.88. The van der Waals surface area contributed by atoms with Gasteiger partial charge in [-0.2, -0.15) is 0 Å². The number of rotatable bonds is 6. The Bertz CT molecular complexity index is 1160. The van der Waals surface area contributed by atoms with E-state index in [1.54, 1.807) is 10.6 Å². The second kappa shape index (κ2) is 8.48. The van der Waals surface area contributed by atoms with Crippen LogP contribution in [0.1, 0.15) is 59.7 Å². The Hall–Kier alpha value is -3.03. The van der Waals surface area contributed by atoms with Crippen molar-refractivity contribution in [3.63, 3.8) is 0 Å². The average molecular weight is 447 g/mol. The molecular weight excluding hydrogens is 423 g/mol. The van der Waals surface area contributed by atoms with Gasteiger partial charge in [-0.1, -0.05) is 6.07 Å². The van der Waals surface area contributed by atoms with Crippen LogP contribution in [0.15, 0.2) is 23.0 Å². The van der Waals surface area contributed by atoms with Crippen molar-refractivity contribution in [1.29, 1.82) is 0 Å². The molecule has 0 aliphatic heterocycles. The highest BCUT2D eigenvalue weighted by Gasteiger charge is 2.33. The highest BCUT2D eigenvalue weighted by atomic mass is 19.4. The highest BCUT2D eigenvalue weighted by molar-refractivity contribution is 5.86. The van der Waals surface area contributed by atoms with E-state index in [1.807, 2.05) is 13.0 Å². The van der Waals surface area contributed by atoms with Gasteiger partial charge in [0.1, 0.15) is 5.75 Å². The Labute approximate surface area is 183 Å². The maximum absolute atomic E-state index is 13.0.